The lowest BCUT2D eigenvalue weighted by atomic mass is 9.77. The van der Waals surface area contributed by atoms with Gasteiger partial charge in [-0.2, -0.15) is 0 Å². The molecule has 2 heterocycles. The number of aromatic hydroxyl groups is 2. The molecular weight excluding hydrogens is 444 g/mol. The van der Waals surface area contributed by atoms with Crippen molar-refractivity contribution in [2.45, 2.75) is 5.60 Å². The number of rotatable bonds is 2. The fraction of sp³-hybridized carbons (Fsp3) is 0.0476. The van der Waals surface area contributed by atoms with E-state index in [0.29, 0.717) is 5.56 Å². The molecule has 1 unspecified atom stereocenters. The number of thiocarbonyl (C=S) groups is 1. The number of hydrogen-bond acceptors (Lipinski definition) is 7. The molecule has 1 atom stereocenters. The topological polar surface area (TPSA) is 126 Å². The van der Waals surface area contributed by atoms with Crippen molar-refractivity contribution in [3.05, 3.63) is 76.4 Å². The molecule has 2 aliphatic heterocycles. The van der Waals surface area contributed by atoms with Gasteiger partial charge in [0.2, 0.25) is 0 Å². The van der Waals surface area contributed by atoms with Crippen LogP contribution in [0.25, 0.3) is 0 Å². The molecule has 8 nitrogen and oxygen atoms in total. The van der Waals surface area contributed by atoms with Gasteiger partial charge in [0.05, 0.1) is 16.7 Å². The Balaban J connectivity index is 1.88. The summed E-state index contributed by atoms with van der Waals surface area (Å²) in [6.45, 7) is 0. The van der Waals surface area contributed by atoms with Gasteiger partial charge in [-0.25, -0.2) is 13.6 Å². The van der Waals surface area contributed by atoms with E-state index in [1.807, 2.05) is 0 Å². The van der Waals surface area contributed by atoms with Crippen molar-refractivity contribution >= 4 is 29.0 Å². The first-order valence-electron chi connectivity index (χ1n) is 9.15. The zero-order chi connectivity index (χ0) is 22.8. The first-order valence-corrected chi connectivity index (χ1v) is 9.56. The van der Waals surface area contributed by atoms with Gasteiger partial charge in [0.15, 0.2) is 39.6 Å². The SMILES string of the molecule is NC(=S)NNc1c(O)c(F)cc2c1Oc1cc(O)c(F)cc1C21OC(=O)c2ccccc21. The summed E-state index contributed by atoms with van der Waals surface area (Å²) in [5.74, 6) is -4.60. The largest absolute Gasteiger partial charge is 0.505 e. The van der Waals surface area contributed by atoms with Crippen LogP contribution in [0.4, 0.5) is 14.5 Å². The van der Waals surface area contributed by atoms with Gasteiger partial charge in [0, 0.05) is 11.6 Å². The monoisotopic (exact) mass is 457 g/mol. The fourth-order valence-electron chi connectivity index (χ4n) is 4.00. The van der Waals surface area contributed by atoms with E-state index in [9.17, 15) is 23.8 Å². The number of nitrogens with two attached hydrogens (primary N) is 1. The molecule has 0 aliphatic carbocycles. The Morgan fingerprint density at radius 2 is 1.78 bits per heavy atom. The molecule has 0 saturated carbocycles. The Bertz CT molecular complexity index is 1350. The van der Waals surface area contributed by atoms with Gasteiger partial charge in [-0.05, 0) is 30.4 Å². The number of ether oxygens (including phenoxy) is 2. The van der Waals surface area contributed by atoms with Crippen molar-refractivity contribution in [3.8, 4) is 23.0 Å². The minimum absolute atomic E-state index is 0.0249. The van der Waals surface area contributed by atoms with E-state index in [1.54, 1.807) is 18.2 Å². The van der Waals surface area contributed by atoms with Crippen molar-refractivity contribution in [3.63, 3.8) is 0 Å². The number of phenols is 2. The summed E-state index contributed by atoms with van der Waals surface area (Å²) in [6.07, 6.45) is 0. The number of esters is 1. The van der Waals surface area contributed by atoms with E-state index < -0.39 is 34.7 Å². The predicted molar refractivity (Wildman–Crippen MR) is 111 cm³/mol. The number of hydrogen-bond donors (Lipinski definition) is 5. The van der Waals surface area contributed by atoms with Crippen LogP contribution in [0.15, 0.2) is 42.5 Å². The quantitative estimate of drug-likeness (QED) is 0.171. The molecule has 3 aromatic rings. The number of nitrogens with one attached hydrogen (secondary N) is 2. The van der Waals surface area contributed by atoms with Crippen molar-refractivity contribution < 1.29 is 33.3 Å². The van der Waals surface area contributed by atoms with Gasteiger partial charge in [0.1, 0.15) is 11.4 Å². The Morgan fingerprint density at radius 1 is 1.06 bits per heavy atom. The summed E-state index contributed by atoms with van der Waals surface area (Å²) < 4.78 is 40.8. The Morgan fingerprint density at radius 3 is 2.53 bits per heavy atom. The average Bonchev–Trinajstić information content (AvgIpc) is 3.05. The molecule has 6 N–H and O–H groups in total. The maximum atomic E-state index is 14.8. The molecule has 0 saturated heterocycles. The van der Waals surface area contributed by atoms with Crippen LogP contribution in [0.5, 0.6) is 23.0 Å². The third-order valence-corrected chi connectivity index (χ3v) is 5.41. The van der Waals surface area contributed by atoms with E-state index in [1.165, 1.54) is 6.07 Å². The molecular formula is C21H13F2N3O5S. The minimum Gasteiger partial charge on any atom is -0.505 e. The number of phenolic OH excluding ortho intramolecular Hbond substituents is 2. The van der Waals surface area contributed by atoms with Gasteiger partial charge in [-0.3, -0.25) is 10.9 Å². The van der Waals surface area contributed by atoms with Gasteiger partial charge in [-0.1, -0.05) is 18.2 Å². The maximum absolute atomic E-state index is 14.8. The third kappa shape index (κ3) is 2.57. The molecule has 1 spiro atoms. The summed E-state index contributed by atoms with van der Waals surface area (Å²) in [5, 5.41) is 20.0. The van der Waals surface area contributed by atoms with E-state index in [2.05, 4.69) is 10.9 Å². The van der Waals surface area contributed by atoms with E-state index in [4.69, 9.17) is 27.4 Å². The number of anilines is 1. The second-order valence-corrected chi connectivity index (χ2v) is 7.53. The van der Waals surface area contributed by atoms with Crippen molar-refractivity contribution in [2.75, 3.05) is 5.43 Å². The number of hydrazine groups is 1. The van der Waals surface area contributed by atoms with Crippen LogP contribution in [0, 0.1) is 11.6 Å². The third-order valence-electron chi connectivity index (χ3n) is 5.31. The second kappa shape index (κ2) is 6.69. The van der Waals surface area contributed by atoms with Crippen LogP contribution in [-0.4, -0.2) is 21.3 Å². The summed E-state index contributed by atoms with van der Waals surface area (Å²) in [5.41, 5.74) is 8.61. The number of carbonyl (C=O) groups is 1. The smallest absolute Gasteiger partial charge is 0.340 e. The maximum Gasteiger partial charge on any atom is 0.340 e. The van der Waals surface area contributed by atoms with Crippen molar-refractivity contribution in [1.82, 2.24) is 5.43 Å². The molecule has 2 aliphatic rings. The molecule has 32 heavy (non-hydrogen) atoms. The van der Waals surface area contributed by atoms with Crippen LogP contribution in [-0.2, 0) is 10.3 Å². The van der Waals surface area contributed by atoms with E-state index >= 15 is 0 Å². The number of benzene rings is 3. The highest BCUT2D eigenvalue weighted by atomic mass is 32.1. The van der Waals surface area contributed by atoms with Crippen LogP contribution < -0.4 is 21.3 Å². The zero-order valence-electron chi connectivity index (χ0n) is 15.9. The summed E-state index contributed by atoms with van der Waals surface area (Å²) in [7, 11) is 0. The second-order valence-electron chi connectivity index (χ2n) is 7.09. The Hall–Kier alpha value is -4.12. The highest BCUT2D eigenvalue weighted by Crippen LogP contribution is 2.59. The predicted octanol–water partition coefficient (Wildman–Crippen LogP) is 3.10. The van der Waals surface area contributed by atoms with Crippen LogP contribution in [0.1, 0.15) is 27.0 Å². The summed E-state index contributed by atoms with van der Waals surface area (Å²) in [4.78, 5) is 12.8. The lowest BCUT2D eigenvalue weighted by molar-refractivity contribution is 0.0222. The molecule has 0 fully saturated rings. The van der Waals surface area contributed by atoms with Crippen molar-refractivity contribution in [1.29, 1.82) is 0 Å². The number of carbonyl (C=O) groups excluding carboxylic acids is 1. The normalized spacial score (nSPS) is 17.6. The lowest BCUT2D eigenvalue weighted by Gasteiger charge is -2.37. The summed E-state index contributed by atoms with van der Waals surface area (Å²) >= 11 is 4.73. The first kappa shape index (κ1) is 19.8. The van der Waals surface area contributed by atoms with Gasteiger partial charge >= 0.3 is 5.97 Å². The Labute approximate surface area is 184 Å². The van der Waals surface area contributed by atoms with E-state index in [0.717, 1.165) is 18.2 Å². The standard InChI is InChI=1S/C21H13F2N3O5S/c22-12-5-10-15(7-14(12)27)30-18-11(6-13(23)17(28)16(18)25-26-20(24)32)21(10)9-4-2-1-3-8(9)19(29)31-21/h1-7,25,27-28H,(H3,24,26,32). The van der Waals surface area contributed by atoms with Crippen LogP contribution in [0.2, 0.25) is 0 Å². The molecule has 0 amide bonds. The average molecular weight is 457 g/mol. The zero-order valence-corrected chi connectivity index (χ0v) is 16.7. The van der Waals surface area contributed by atoms with Crippen molar-refractivity contribution in [2.24, 2.45) is 5.73 Å². The Kier molecular flexibility index (Phi) is 4.14. The minimum atomic E-state index is -1.82. The van der Waals surface area contributed by atoms with E-state index in [-0.39, 0.29) is 39.0 Å². The highest BCUT2D eigenvalue weighted by Gasteiger charge is 2.55. The number of halogens is 2. The summed E-state index contributed by atoms with van der Waals surface area (Å²) in [6, 6.07) is 9.23. The highest BCUT2D eigenvalue weighted by molar-refractivity contribution is 7.80. The molecule has 11 heteroatoms. The van der Waals surface area contributed by atoms with Crippen LogP contribution >= 0.6 is 12.2 Å². The molecule has 3 aromatic carbocycles. The fourth-order valence-corrected chi connectivity index (χ4v) is 4.06. The van der Waals surface area contributed by atoms with Gasteiger partial charge in [0.25, 0.3) is 0 Å². The molecule has 0 bridgehead atoms. The lowest BCUT2D eigenvalue weighted by Crippen LogP contribution is -2.36. The van der Waals surface area contributed by atoms with Crippen LogP contribution in [0.3, 0.4) is 0 Å². The number of fused-ring (bicyclic) bond motifs is 6. The van der Waals surface area contributed by atoms with Gasteiger partial charge in [-0.15, -0.1) is 0 Å². The molecule has 162 valence electrons. The molecule has 0 aromatic heterocycles. The molecule has 5 rings (SSSR count). The first-order chi connectivity index (χ1) is 15.2. The van der Waals surface area contributed by atoms with Gasteiger partial charge < -0.3 is 25.4 Å². The molecule has 0 radical (unpaired) electrons.